The fraction of sp³-hybridized carbons (Fsp3) is 0.125. The fourth-order valence-electron chi connectivity index (χ4n) is 2.05. The summed E-state index contributed by atoms with van der Waals surface area (Å²) in [7, 11) is 0. The van der Waals surface area contributed by atoms with E-state index in [0.717, 1.165) is 5.56 Å². The van der Waals surface area contributed by atoms with E-state index in [2.05, 4.69) is 4.99 Å². The number of hydrogen-bond donors (Lipinski definition) is 0. The molecule has 20 heavy (non-hydrogen) atoms. The Balaban J connectivity index is 1.73. The SMILES string of the molecule is O=C(c1ccccc1)C1CN=C(c2ccc(Cl)cc2)O1. The Labute approximate surface area is 121 Å². The van der Waals surface area contributed by atoms with Crippen LogP contribution in [0.3, 0.4) is 0 Å². The lowest BCUT2D eigenvalue weighted by Gasteiger charge is -2.10. The molecule has 0 spiro atoms. The highest BCUT2D eigenvalue weighted by Gasteiger charge is 2.28. The van der Waals surface area contributed by atoms with Crippen LogP contribution in [0.2, 0.25) is 5.02 Å². The molecule has 0 saturated carbocycles. The Bertz CT molecular complexity index is 650. The summed E-state index contributed by atoms with van der Waals surface area (Å²) in [6, 6.07) is 16.3. The van der Waals surface area contributed by atoms with Crippen molar-refractivity contribution in [1.29, 1.82) is 0 Å². The van der Waals surface area contributed by atoms with E-state index >= 15 is 0 Å². The second kappa shape index (κ2) is 5.47. The van der Waals surface area contributed by atoms with E-state index in [1.807, 2.05) is 30.3 Å². The lowest BCUT2D eigenvalue weighted by Crippen LogP contribution is -2.24. The van der Waals surface area contributed by atoms with E-state index in [-0.39, 0.29) is 5.78 Å². The maximum Gasteiger partial charge on any atom is 0.217 e. The Morgan fingerprint density at radius 1 is 1.10 bits per heavy atom. The van der Waals surface area contributed by atoms with E-state index in [1.165, 1.54) is 0 Å². The van der Waals surface area contributed by atoms with Gasteiger partial charge in [-0.2, -0.15) is 0 Å². The van der Waals surface area contributed by atoms with Crippen molar-refractivity contribution in [3.8, 4) is 0 Å². The summed E-state index contributed by atoms with van der Waals surface area (Å²) in [5.74, 6) is 0.453. The Morgan fingerprint density at radius 3 is 2.50 bits per heavy atom. The Morgan fingerprint density at radius 2 is 1.80 bits per heavy atom. The van der Waals surface area contributed by atoms with E-state index in [9.17, 15) is 4.79 Å². The van der Waals surface area contributed by atoms with Crippen LogP contribution in [0, 0.1) is 0 Å². The van der Waals surface area contributed by atoms with E-state index in [4.69, 9.17) is 16.3 Å². The first-order valence-electron chi connectivity index (χ1n) is 6.30. The molecule has 1 unspecified atom stereocenters. The number of carbonyl (C=O) groups excluding carboxylic acids is 1. The molecule has 0 N–H and O–H groups in total. The first-order valence-corrected chi connectivity index (χ1v) is 6.68. The molecular formula is C16H12ClNO2. The number of Topliss-reactive ketones (excluding diaryl/α,β-unsaturated/α-hetero) is 1. The molecule has 0 aliphatic carbocycles. The van der Waals surface area contributed by atoms with Crippen molar-refractivity contribution in [2.45, 2.75) is 6.10 Å². The van der Waals surface area contributed by atoms with Crippen LogP contribution in [-0.4, -0.2) is 24.3 Å². The third-order valence-corrected chi connectivity index (χ3v) is 3.35. The van der Waals surface area contributed by atoms with Gasteiger partial charge in [-0.3, -0.25) is 4.79 Å². The van der Waals surface area contributed by atoms with E-state index in [1.54, 1.807) is 24.3 Å². The molecule has 1 aliphatic rings. The zero-order valence-electron chi connectivity index (χ0n) is 10.6. The van der Waals surface area contributed by atoms with Gasteiger partial charge < -0.3 is 4.74 Å². The maximum atomic E-state index is 12.3. The number of aliphatic imine (C=N–C) groups is 1. The van der Waals surface area contributed by atoms with Crippen LogP contribution in [0.5, 0.6) is 0 Å². The number of hydrogen-bond acceptors (Lipinski definition) is 3. The summed E-state index contributed by atoms with van der Waals surface area (Å²) in [5, 5.41) is 0.657. The number of halogens is 1. The van der Waals surface area contributed by atoms with Crippen LogP contribution in [-0.2, 0) is 4.74 Å². The molecule has 4 heteroatoms. The minimum atomic E-state index is -0.539. The second-order valence-corrected chi connectivity index (χ2v) is 4.93. The molecular weight excluding hydrogens is 274 g/mol. The third kappa shape index (κ3) is 2.58. The quantitative estimate of drug-likeness (QED) is 0.811. The van der Waals surface area contributed by atoms with Gasteiger partial charge in [0.15, 0.2) is 6.10 Å². The summed E-state index contributed by atoms with van der Waals surface area (Å²) in [6.45, 7) is 0.353. The lowest BCUT2D eigenvalue weighted by atomic mass is 10.1. The van der Waals surface area contributed by atoms with Crippen LogP contribution in [0.4, 0.5) is 0 Å². The monoisotopic (exact) mass is 285 g/mol. The van der Waals surface area contributed by atoms with Crippen molar-refractivity contribution < 1.29 is 9.53 Å². The smallest absolute Gasteiger partial charge is 0.217 e. The molecule has 3 nitrogen and oxygen atoms in total. The molecule has 0 saturated heterocycles. The molecule has 1 aliphatic heterocycles. The highest BCUT2D eigenvalue weighted by Crippen LogP contribution is 2.18. The predicted octanol–water partition coefficient (Wildman–Crippen LogP) is 3.37. The molecule has 1 atom stereocenters. The standard InChI is InChI=1S/C16H12ClNO2/c17-13-8-6-12(7-9-13)16-18-10-14(20-16)15(19)11-4-2-1-3-5-11/h1-9,14H,10H2. The number of benzene rings is 2. The van der Waals surface area contributed by atoms with Crippen LogP contribution in [0.25, 0.3) is 0 Å². The van der Waals surface area contributed by atoms with Gasteiger partial charge in [0.1, 0.15) is 0 Å². The maximum absolute atomic E-state index is 12.3. The molecule has 3 rings (SSSR count). The van der Waals surface area contributed by atoms with Crippen molar-refractivity contribution in [3.63, 3.8) is 0 Å². The van der Waals surface area contributed by atoms with Gasteiger partial charge in [-0.1, -0.05) is 41.9 Å². The molecule has 2 aromatic carbocycles. The number of carbonyl (C=O) groups is 1. The van der Waals surface area contributed by atoms with Crippen LogP contribution >= 0.6 is 11.6 Å². The number of ether oxygens (including phenoxy) is 1. The molecule has 1 heterocycles. The van der Waals surface area contributed by atoms with Crippen molar-refractivity contribution in [1.82, 2.24) is 0 Å². The molecule has 0 bridgehead atoms. The van der Waals surface area contributed by atoms with Crippen LogP contribution in [0.15, 0.2) is 59.6 Å². The summed E-state index contributed by atoms with van der Waals surface area (Å²) >= 11 is 5.84. The number of rotatable bonds is 3. The first kappa shape index (κ1) is 12.9. The van der Waals surface area contributed by atoms with Gasteiger partial charge in [0.05, 0.1) is 6.54 Å². The minimum Gasteiger partial charge on any atom is -0.464 e. The topological polar surface area (TPSA) is 38.7 Å². The molecule has 0 amide bonds. The van der Waals surface area contributed by atoms with Crippen LogP contribution in [0.1, 0.15) is 15.9 Å². The van der Waals surface area contributed by atoms with Gasteiger partial charge in [0.25, 0.3) is 0 Å². The third-order valence-electron chi connectivity index (χ3n) is 3.10. The highest BCUT2D eigenvalue weighted by atomic mass is 35.5. The molecule has 0 fully saturated rings. The van der Waals surface area contributed by atoms with Gasteiger partial charge in [-0.15, -0.1) is 0 Å². The van der Waals surface area contributed by atoms with Crippen molar-refractivity contribution in [2.75, 3.05) is 6.54 Å². The average Bonchev–Trinajstić information content (AvgIpc) is 2.98. The molecule has 2 aromatic rings. The lowest BCUT2D eigenvalue weighted by molar-refractivity contribution is 0.0817. The molecule has 100 valence electrons. The fourth-order valence-corrected chi connectivity index (χ4v) is 2.18. The van der Waals surface area contributed by atoms with Crippen molar-refractivity contribution >= 4 is 23.3 Å². The van der Waals surface area contributed by atoms with E-state index < -0.39 is 6.10 Å². The normalized spacial score (nSPS) is 17.4. The summed E-state index contributed by atoms with van der Waals surface area (Å²) in [6.07, 6.45) is -0.539. The van der Waals surface area contributed by atoms with Gasteiger partial charge in [-0.05, 0) is 24.3 Å². The summed E-state index contributed by atoms with van der Waals surface area (Å²) in [5.41, 5.74) is 1.47. The van der Waals surface area contributed by atoms with Gasteiger partial charge in [0.2, 0.25) is 11.7 Å². The van der Waals surface area contributed by atoms with Gasteiger partial charge in [-0.25, -0.2) is 4.99 Å². The van der Waals surface area contributed by atoms with Crippen LogP contribution < -0.4 is 0 Å². The Kier molecular flexibility index (Phi) is 3.52. The largest absolute Gasteiger partial charge is 0.464 e. The molecule has 0 radical (unpaired) electrons. The molecule has 0 aromatic heterocycles. The van der Waals surface area contributed by atoms with Gasteiger partial charge in [0, 0.05) is 16.1 Å². The van der Waals surface area contributed by atoms with Gasteiger partial charge >= 0.3 is 0 Å². The Hall–Kier alpha value is -2.13. The number of ketones is 1. The second-order valence-electron chi connectivity index (χ2n) is 4.49. The summed E-state index contributed by atoms with van der Waals surface area (Å²) in [4.78, 5) is 16.6. The average molecular weight is 286 g/mol. The predicted molar refractivity (Wildman–Crippen MR) is 78.5 cm³/mol. The number of nitrogens with zero attached hydrogens (tertiary/aromatic N) is 1. The first-order chi connectivity index (χ1) is 9.74. The zero-order valence-corrected chi connectivity index (χ0v) is 11.4. The van der Waals surface area contributed by atoms with Crippen molar-refractivity contribution in [2.24, 2.45) is 4.99 Å². The minimum absolute atomic E-state index is 0.0432. The highest BCUT2D eigenvalue weighted by molar-refractivity contribution is 6.30. The van der Waals surface area contributed by atoms with Crippen molar-refractivity contribution in [3.05, 3.63) is 70.7 Å². The van der Waals surface area contributed by atoms with E-state index in [0.29, 0.717) is 23.0 Å². The summed E-state index contributed by atoms with van der Waals surface area (Å²) < 4.78 is 5.66. The zero-order chi connectivity index (χ0) is 13.9.